The van der Waals surface area contributed by atoms with Gasteiger partial charge < -0.3 is 25.1 Å². The van der Waals surface area contributed by atoms with Crippen LogP contribution in [0.2, 0.25) is 0 Å². The molecule has 0 fully saturated rings. The van der Waals surface area contributed by atoms with Gasteiger partial charge >= 0.3 is 6.09 Å². The number of carbonyl (C=O) groups is 2. The van der Waals surface area contributed by atoms with Crippen LogP contribution in [0.25, 0.3) is 10.9 Å². The molecule has 0 saturated carbocycles. The highest BCUT2D eigenvalue weighted by Crippen LogP contribution is 2.29. The number of alkyl carbamates (subject to hydrolysis) is 1. The van der Waals surface area contributed by atoms with E-state index >= 15 is 0 Å². The molecule has 1 heterocycles. The van der Waals surface area contributed by atoms with Gasteiger partial charge in [0.25, 0.3) is 0 Å². The number of rotatable bonds is 7. The third-order valence-corrected chi connectivity index (χ3v) is 3.74. The Morgan fingerprint density at radius 1 is 1.24 bits per heavy atom. The number of fused-ring (bicyclic) bond motifs is 1. The van der Waals surface area contributed by atoms with Crippen LogP contribution in [0.3, 0.4) is 0 Å². The molecule has 136 valence electrons. The van der Waals surface area contributed by atoms with Crippen LogP contribution >= 0.6 is 0 Å². The Hall–Kier alpha value is -2.77. The van der Waals surface area contributed by atoms with E-state index in [1.807, 2.05) is 6.92 Å². The minimum absolute atomic E-state index is 0.0920. The quantitative estimate of drug-likeness (QED) is 0.666. The number of aromatic nitrogens is 1. The van der Waals surface area contributed by atoms with Crippen LogP contribution < -0.4 is 15.4 Å². The molecule has 0 saturated heterocycles. The number of aromatic amines is 1. The van der Waals surface area contributed by atoms with E-state index in [2.05, 4.69) is 20.4 Å². The standard InChI is InChI=1S/C17H22FN3O4/c1-10-12(4-5-19-11(2)22)13-8-16(14(18)9-15(13)21-10)25-7-6-20-17(23)24-3/h8-9,21H,4-7H2,1-3H3,(H,19,22)(H,20,23). The minimum Gasteiger partial charge on any atom is -0.489 e. The molecule has 0 spiro atoms. The molecule has 0 radical (unpaired) electrons. The lowest BCUT2D eigenvalue weighted by atomic mass is 10.1. The lowest BCUT2D eigenvalue weighted by Crippen LogP contribution is -2.27. The summed E-state index contributed by atoms with van der Waals surface area (Å²) < 4.78 is 24.0. The van der Waals surface area contributed by atoms with Crippen molar-refractivity contribution < 1.29 is 23.5 Å². The molecule has 1 aromatic heterocycles. The zero-order chi connectivity index (χ0) is 18.4. The number of hydrogen-bond donors (Lipinski definition) is 3. The molecule has 7 nitrogen and oxygen atoms in total. The fraction of sp³-hybridized carbons (Fsp3) is 0.412. The van der Waals surface area contributed by atoms with Gasteiger partial charge in [0.15, 0.2) is 11.6 Å². The average molecular weight is 351 g/mol. The van der Waals surface area contributed by atoms with Crippen molar-refractivity contribution in [3.05, 3.63) is 29.2 Å². The molecule has 0 unspecified atom stereocenters. The molecule has 8 heteroatoms. The number of aryl methyl sites for hydroxylation is 1. The van der Waals surface area contributed by atoms with E-state index in [0.29, 0.717) is 18.5 Å². The second-order valence-electron chi connectivity index (χ2n) is 5.56. The van der Waals surface area contributed by atoms with Crippen LogP contribution in [0, 0.1) is 12.7 Å². The lowest BCUT2D eigenvalue weighted by molar-refractivity contribution is -0.118. The third kappa shape index (κ3) is 4.85. The van der Waals surface area contributed by atoms with Crippen LogP contribution in [-0.4, -0.2) is 43.8 Å². The van der Waals surface area contributed by atoms with Crippen molar-refractivity contribution in [2.45, 2.75) is 20.3 Å². The largest absolute Gasteiger partial charge is 0.489 e. The normalized spacial score (nSPS) is 10.6. The summed E-state index contributed by atoms with van der Waals surface area (Å²) in [5.41, 5.74) is 2.60. The van der Waals surface area contributed by atoms with E-state index in [-0.39, 0.29) is 24.8 Å². The highest BCUT2D eigenvalue weighted by atomic mass is 19.1. The van der Waals surface area contributed by atoms with Crippen LogP contribution in [0.4, 0.5) is 9.18 Å². The fourth-order valence-corrected chi connectivity index (χ4v) is 2.57. The molecule has 0 aliphatic heterocycles. The van der Waals surface area contributed by atoms with Gasteiger partial charge in [0.2, 0.25) is 5.91 Å². The van der Waals surface area contributed by atoms with Gasteiger partial charge in [0, 0.05) is 36.1 Å². The maximum atomic E-state index is 14.2. The van der Waals surface area contributed by atoms with Crippen LogP contribution in [0.1, 0.15) is 18.2 Å². The van der Waals surface area contributed by atoms with Crippen LogP contribution in [-0.2, 0) is 16.0 Å². The Balaban J connectivity index is 2.11. The van der Waals surface area contributed by atoms with Gasteiger partial charge in [-0.1, -0.05) is 0 Å². The Labute approximate surface area is 144 Å². The molecule has 2 aromatic rings. The molecule has 25 heavy (non-hydrogen) atoms. The van der Waals surface area contributed by atoms with E-state index in [9.17, 15) is 14.0 Å². The Kier molecular flexibility index (Phi) is 6.21. The van der Waals surface area contributed by atoms with Crippen molar-refractivity contribution in [2.75, 3.05) is 26.8 Å². The average Bonchev–Trinajstić information content (AvgIpc) is 2.85. The molecular formula is C17H22FN3O4. The maximum Gasteiger partial charge on any atom is 0.406 e. The number of carbonyl (C=O) groups excluding carboxylic acids is 2. The van der Waals surface area contributed by atoms with Crippen molar-refractivity contribution in [3.8, 4) is 5.75 Å². The van der Waals surface area contributed by atoms with E-state index in [1.54, 1.807) is 6.07 Å². The second kappa shape index (κ2) is 8.36. The van der Waals surface area contributed by atoms with Gasteiger partial charge in [0.1, 0.15) is 6.61 Å². The SMILES string of the molecule is COC(=O)NCCOc1cc2c(CCNC(C)=O)c(C)[nH]c2cc1F. The summed E-state index contributed by atoms with van der Waals surface area (Å²) in [4.78, 5) is 25.1. The molecule has 0 bridgehead atoms. The van der Waals surface area contributed by atoms with E-state index in [0.717, 1.165) is 16.6 Å². The molecule has 2 rings (SSSR count). The Bertz CT molecular complexity index is 773. The summed E-state index contributed by atoms with van der Waals surface area (Å²) in [5.74, 6) is -0.468. The first-order valence-corrected chi connectivity index (χ1v) is 7.92. The predicted molar refractivity (Wildman–Crippen MR) is 91.3 cm³/mol. The first-order chi connectivity index (χ1) is 11.9. The molecule has 1 aromatic carbocycles. The molecule has 0 aliphatic carbocycles. The van der Waals surface area contributed by atoms with Gasteiger partial charge in [0.05, 0.1) is 13.7 Å². The summed E-state index contributed by atoms with van der Waals surface area (Å²) in [5, 5.41) is 6.06. The maximum absolute atomic E-state index is 14.2. The van der Waals surface area contributed by atoms with Crippen molar-refractivity contribution in [3.63, 3.8) is 0 Å². The second-order valence-corrected chi connectivity index (χ2v) is 5.56. The van der Waals surface area contributed by atoms with E-state index in [4.69, 9.17) is 4.74 Å². The molecule has 0 atom stereocenters. The summed E-state index contributed by atoms with van der Waals surface area (Å²) in [6.07, 6.45) is 0.0569. The summed E-state index contributed by atoms with van der Waals surface area (Å²) in [6.45, 7) is 4.18. The minimum atomic E-state index is -0.568. The molecule has 3 N–H and O–H groups in total. The number of methoxy groups -OCH3 is 1. The van der Waals surface area contributed by atoms with E-state index in [1.165, 1.54) is 20.1 Å². The zero-order valence-electron chi connectivity index (χ0n) is 14.5. The van der Waals surface area contributed by atoms with Crippen molar-refractivity contribution in [1.82, 2.24) is 15.6 Å². The molecular weight excluding hydrogens is 329 g/mol. The summed E-state index contributed by atoms with van der Waals surface area (Å²) >= 11 is 0. The fourth-order valence-electron chi connectivity index (χ4n) is 2.57. The highest BCUT2D eigenvalue weighted by molar-refractivity contribution is 5.86. The summed E-state index contributed by atoms with van der Waals surface area (Å²) in [7, 11) is 1.26. The summed E-state index contributed by atoms with van der Waals surface area (Å²) in [6, 6.07) is 3.02. The van der Waals surface area contributed by atoms with Crippen molar-refractivity contribution >= 4 is 22.9 Å². The van der Waals surface area contributed by atoms with E-state index < -0.39 is 11.9 Å². The zero-order valence-corrected chi connectivity index (χ0v) is 14.5. The number of benzene rings is 1. The number of hydrogen-bond acceptors (Lipinski definition) is 4. The number of halogens is 1. The monoisotopic (exact) mass is 351 g/mol. The van der Waals surface area contributed by atoms with Crippen LogP contribution in [0.15, 0.2) is 12.1 Å². The molecule has 2 amide bonds. The van der Waals surface area contributed by atoms with Crippen molar-refractivity contribution in [2.24, 2.45) is 0 Å². The lowest BCUT2D eigenvalue weighted by Gasteiger charge is -2.09. The van der Waals surface area contributed by atoms with Gasteiger partial charge in [-0.2, -0.15) is 0 Å². The Morgan fingerprint density at radius 2 is 2.00 bits per heavy atom. The number of amides is 2. The number of H-pyrrole nitrogens is 1. The number of nitrogens with one attached hydrogen (secondary N) is 3. The van der Waals surface area contributed by atoms with Crippen molar-refractivity contribution in [1.29, 1.82) is 0 Å². The number of ether oxygens (including phenoxy) is 2. The van der Waals surface area contributed by atoms with Gasteiger partial charge in [-0.3, -0.25) is 4.79 Å². The smallest absolute Gasteiger partial charge is 0.406 e. The molecule has 0 aliphatic rings. The van der Waals surface area contributed by atoms with Gasteiger partial charge in [-0.05, 0) is 25.0 Å². The predicted octanol–water partition coefficient (Wildman–Crippen LogP) is 2.03. The highest BCUT2D eigenvalue weighted by Gasteiger charge is 2.13. The van der Waals surface area contributed by atoms with Gasteiger partial charge in [-0.15, -0.1) is 0 Å². The topological polar surface area (TPSA) is 92.4 Å². The first kappa shape index (κ1) is 18.6. The first-order valence-electron chi connectivity index (χ1n) is 7.92. The third-order valence-electron chi connectivity index (χ3n) is 3.74. The van der Waals surface area contributed by atoms with Crippen LogP contribution in [0.5, 0.6) is 5.75 Å². The Morgan fingerprint density at radius 3 is 2.68 bits per heavy atom. The van der Waals surface area contributed by atoms with Gasteiger partial charge in [-0.25, -0.2) is 9.18 Å².